The molecule has 0 spiro atoms. The van der Waals surface area contributed by atoms with Gasteiger partial charge in [-0.05, 0) is 34.1 Å². The van der Waals surface area contributed by atoms with Gasteiger partial charge in [0.1, 0.15) is 0 Å². The zero-order chi connectivity index (χ0) is 13.8. The summed E-state index contributed by atoms with van der Waals surface area (Å²) < 4.78 is 0. The first-order chi connectivity index (χ1) is 7.91. The maximum absolute atomic E-state index is 4.00. The van der Waals surface area contributed by atoms with Gasteiger partial charge in [0.2, 0.25) is 0 Å². The lowest BCUT2D eigenvalue weighted by Gasteiger charge is -2.00. The molecule has 0 amide bonds. The highest BCUT2D eigenvalue weighted by Crippen LogP contribution is 2.11. The molecule has 0 heterocycles. The Morgan fingerprint density at radius 1 is 0.882 bits per heavy atom. The van der Waals surface area contributed by atoms with Crippen LogP contribution in [0.1, 0.15) is 48.0 Å². The Bertz CT molecular complexity index is 318. The molecule has 0 radical (unpaired) electrons. The highest BCUT2D eigenvalue weighted by molar-refractivity contribution is 5.28. The van der Waals surface area contributed by atoms with Crippen LogP contribution in [-0.4, -0.2) is 0 Å². The van der Waals surface area contributed by atoms with Gasteiger partial charge in [-0.25, -0.2) is 0 Å². The summed E-state index contributed by atoms with van der Waals surface area (Å²) in [5.41, 5.74) is 4.82. The average molecular weight is 232 g/mol. The van der Waals surface area contributed by atoms with Gasteiger partial charge in [0.05, 0.1) is 0 Å². The van der Waals surface area contributed by atoms with Gasteiger partial charge in [0.15, 0.2) is 0 Å². The molecule has 96 valence electrons. The lowest BCUT2D eigenvalue weighted by atomic mass is 10.1. The molecular weight excluding hydrogens is 204 g/mol. The molecule has 0 bridgehead atoms. The molecule has 0 atom stereocenters. The molecule has 0 fully saturated rings. The number of rotatable bonds is 5. The van der Waals surface area contributed by atoms with Crippen LogP contribution in [0.15, 0.2) is 59.8 Å². The molecule has 17 heavy (non-hydrogen) atoms. The van der Waals surface area contributed by atoms with Crippen LogP contribution in [0.3, 0.4) is 0 Å². The van der Waals surface area contributed by atoms with Crippen LogP contribution in [0.5, 0.6) is 0 Å². The first-order valence-electron chi connectivity index (χ1n) is 6.24. The summed E-state index contributed by atoms with van der Waals surface area (Å²) in [5, 5.41) is 0. The summed E-state index contributed by atoms with van der Waals surface area (Å²) in [7, 11) is 0. The number of hydrogen-bond acceptors (Lipinski definition) is 0. The standard InChI is InChI=1S/C15H22.C2H6/c1-12(2)7-9-14(5)11-15(6)10-8-13(3)4;1-2/h7-10H,1,5,11H2,2-4,6H3;1-2H3/b9-7-,15-10+;. The van der Waals surface area contributed by atoms with Gasteiger partial charge in [0.25, 0.3) is 0 Å². The molecule has 0 aliphatic heterocycles. The quantitative estimate of drug-likeness (QED) is 0.510. The van der Waals surface area contributed by atoms with Crippen molar-refractivity contribution >= 4 is 0 Å². The summed E-state index contributed by atoms with van der Waals surface area (Å²) >= 11 is 0. The van der Waals surface area contributed by atoms with Crippen molar-refractivity contribution in [2.75, 3.05) is 0 Å². The van der Waals surface area contributed by atoms with Gasteiger partial charge in [-0.2, -0.15) is 0 Å². The maximum atomic E-state index is 4.00. The molecule has 0 unspecified atom stereocenters. The van der Waals surface area contributed by atoms with E-state index in [0.29, 0.717) is 0 Å². The van der Waals surface area contributed by atoms with Gasteiger partial charge >= 0.3 is 0 Å². The van der Waals surface area contributed by atoms with Crippen molar-refractivity contribution in [2.24, 2.45) is 0 Å². The zero-order valence-corrected chi connectivity index (χ0v) is 12.4. The highest BCUT2D eigenvalue weighted by Gasteiger charge is 1.91. The Balaban J connectivity index is 0. The van der Waals surface area contributed by atoms with E-state index in [4.69, 9.17) is 0 Å². The van der Waals surface area contributed by atoms with E-state index in [1.54, 1.807) is 0 Å². The Kier molecular flexibility index (Phi) is 11.9. The molecule has 0 heteroatoms. The van der Waals surface area contributed by atoms with E-state index >= 15 is 0 Å². The lowest BCUT2D eigenvalue weighted by Crippen LogP contribution is -1.80. The van der Waals surface area contributed by atoms with Crippen LogP contribution in [0, 0.1) is 0 Å². The fourth-order valence-corrected chi connectivity index (χ4v) is 1.05. The molecule has 0 aromatic heterocycles. The number of hydrogen-bond donors (Lipinski definition) is 0. The van der Waals surface area contributed by atoms with Gasteiger partial charge in [-0.15, -0.1) is 0 Å². The second kappa shape index (κ2) is 11.2. The van der Waals surface area contributed by atoms with E-state index in [9.17, 15) is 0 Å². The SMILES string of the molecule is C=C(C)/C=C\C(=C)C/C(C)=C/C=C(C)C.CC. The molecule has 0 rings (SSSR count). The third kappa shape index (κ3) is 14.7. The van der Waals surface area contributed by atoms with E-state index in [-0.39, 0.29) is 0 Å². The Morgan fingerprint density at radius 3 is 1.82 bits per heavy atom. The van der Waals surface area contributed by atoms with E-state index in [1.165, 1.54) is 11.1 Å². The number of allylic oxidation sites excluding steroid dienone is 8. The first kappa shape index (κ1) is 18.1. The maximum Gasteiger partial charge on any atom is -0.00726 e. The predicted octanol–water partition coefficient (Wildman–Crippen LogP) is 6.00. The van der Waals surface area contributed by atoms with Crippen LogP contribution < -0.4 is 0 Å². The largest absolute Gasteiger partial charge is 0.0961 e. The van der Waals surface area contributed by atoms with Crippen LogP contribution in [-0.2, 0) is 0 Å². The highest BCUT2D eigenvalue weighted by atomic mass is 14.0. The monoisotopic (exact) mass is 232 g/mol. The lowest BCUT2D eigenvalue weighted by molar-refractivity contribution is 1.16. The van der Waals surface area contributed by atoms with Crippen molar-refractivity contribution in [3.63, 3.8) is 0 Å². The van der Waals surface area contributed by atoms with Gasteiger partial charge in [-0.1, -0.05) is 73.6 Å². The van der Waals surface area contributed by atoms with Crippen LogP contribution in [0.2, 0.25) is 0 Å². The summed E-state index contributed by atoms with van der Waals surface area (Å²) in [6.45, 7) is 20.1. The van der Waals surface area contributed by atoms with Gasteiger partial charge in [0, 0.05) is 0 Å². The van der Waals surface area contributed by atoms with E-state index in [1.807, 2.05) is 32.9 Å². The molecule has 0 aromatic rings. The fraction of sp³-hybridized carbons (Fsp3) is 0.412. The minimum atomic E-state index is 0.924. The molecule has 0 N–H and O–H groups in total. The molecular formula is C17H28. The zero-order valence-electron chi connectivity index (χ0n) is 12.4. The predicted molar refractivity (Wildman–Crippen MR) is 82.2 cm³/mol. The Hall–Kier alpha value is -1.30. The topological polar surface area (TPSA) is 0 Å². The van der Waals surface area contributed by atoms with E-state index in [2.05, 4.69) is 46.1 Å². The summed E-state index contributed by atoms with van der Waals surface area (Å²) in [4.78, 5) is 0. The van der Waals surface area contributed by atoms with Crippen molar-refractivity contribution in [3.05, 3.63) is 59.8 Å². The minimum absolute atomic E-state index is 0.924. The smallest absolute Gasteiger partial charge is 0.00726 e. The van der Waals surface area contributed by atoms with Crippen molar-refractivity contribution in [3.8, 4) is 0 Å². The molecule has 0 aromatic carbocycles. The minimum Gasteiger partial charge on any atom is -0.0961 e. The van der Waals surface area contributed by atoms with Gasteiger partial charge in [-0.3, -0.25) is 0 Å². The molecule has 0 nitrogen and oxygen atoms in total. The van der Waals surface area contributed by atoms with E-state index in [0.717, 1.165) is 17.6 Å². The normalized spacial score (nSPS) is 10.6. The van der Waals surface area contributed by atoms with Crippen molar-refractivity contribution in [1.29, 1.82) is 0 Å². The third-order valence-electron chi connectivity index (χ3n) is 1.81. The molecule has 0 saturated heterocycles. The second-order valence-corrected chi connectivity index (χ2v) is 4.27. The molecule has 0 aliphatic carbocycles. The van der Waals surface area contributed by atoms with Crippen LogP contribution >= 0.6 is 0 Å². The van der Waals surface area contributed by atoms with Crippen molar-refractivity contribution < 1.29 is 0 Å². The first-order valence-corrected chi connectivity index (χ1v) is 6.24. The summed E-state index contributed by atoms with van der Waals surface area (Å²) in [6.07, 6.45) is 9.23. The summed E-state index contributed by atoms with van der Waals surface area (Å²) in [5.74, 6) is 0. The van der Waals surface area contributed by atoms with Crippen LogP contribution in [0.4, 0.5) is 0 Å². The summed E-state index contributed by atoms with van der Waals surface area (Å²) in [6, 6.07) is 0. The van der Waals surface area contributed by atoms with Crippen LogP contribution in [0.25, 0.3) is 0 Å². The fourth-order valence-electron chi connectivity index (χ4n) is 1.05. The Morgan fingerprint density at radius 2 is 1.41 bits per heavy atom. The molecule has 0 saturated carbocycles. The molecule has 0 aliphatic rings. The van der Waals surface area contributed by atoms with E-state index < -0.39 is 0 Å². The second-order valence-electron chi connectivity index (χ2n) is 4.27. The van der Waals surface area contributed by atoms with Crippen molar-refractivity contribution in [1.82, 2.24) is 0 Å². The van der Waals surface area contributed by atoms with Gasteiger partial charge < -0.3 is 0 Å². The average Bonchev–Trinajstić information content (AvgIpc) is 2.26. The Labute approximate surface area is 108 Å². The van der Waals surface area contributed by atoms with Crippen molar-refractivity contribution in [2.45, 2.75) is 48.0 Å². The third-order valence-corrected chi connectivity index (χ3v) is 1.81.